The van der Waals surface area contributed by atoms with Crippen molar-refractivity contribution in [1.82, 2.24) is 0 Å². The van der Waals surface area contributed by atoms with Crippen molar-refractivity contribution in [3.8, 4) is 0 Å². The molecule has 0 amide bonds. The van der Waals surface area contributed by atoms with Crippen LogP contribution in [0.3, 0.4) is 0 Å². The lowest BCUT2D eigenvalue weighted by atomic mass is 10.2. The number of hydrogen-bond donors (Lipinski definition) is 2. The molecule has 0 spiro atoms. The van der Waals surface area contributed by atoms with Gasteiger partial charge in [0.2, 0.25) is 10.0 Å². The summed E-state index contributed by atoms with van der Waals surface area (Å²) in [4.78, 5) is 0. The zero-order valence-corrected chi connectivity index (χ0v) is 11.0. The van der Waals surface area contributed by atoms with Crippen molar-refractivity contribution in [3.63, 3.8) is 0 Å². The lowest BCUT2D eigenvalue weighted by molar-refractivity contribution is 0.157. The maximum Gasteiger partial charge on any atom is 0.234 e. The van der Waals surface area contributed by atoms with Gasteiger partial charge in [0.25, 0.3) is 0 Å². The molecular formula is C11H17FN2O3S. The highest BCUT2D eigenvalue weighted by Crippen LogP contribution is 2.14. The normalized spacial score (nSPS) is 11.5. The average molecular weight is 276 g/mol. The third-order valence-corrected chi connectivity index (χ3v) is 3.44. The molecule has 0 fully saturated rings. The SMILES string of the molecule is Cc1cc(NS(=O)(=O)CCOCCN)ccc1F. The summed E-state index contributed by atoms with van der Waals surface area (Å²) in [5.41, 5.74) is 5.93. The number of benzene rings is 1. The van der Waals surface area contributed by atoms with E-state index in [1.54, 1.807) is 6.92 Å². The minimum atomic E-state index is -3.48. The third-order valence-electron chi connectivity index (χ3n) is 2.19. The van der Waals surface area contributed by atoms with Gasteiger partial charge in [-0.1, -0.05) is 0 Å². The maximum atomic E-state index is 13.0. The van der Waals surface area contributed by atoms with Gasteiger partial charge in [-0.2, -0.15) is 0 Å². The summed E-state index contributed by atoms with van der Waals surface area (Å²) < 4.78 is 43.6. The number of ether oxygens (including phenoxy) is 1. The van der Waals surface area contributed by atoms with Crippen LogP contribution >= 0.6 is 0 Å². The van der Waals surface area contributed by atoms with Gasteiger partial charge >= 0.3 is 0 Å². The molecule has 102 valence electrons. The van der Waals surface area contributed by atoms with Gasteiger partial charge in [0.15, 0.2) is 0 Å². The van der Waals surface area contributed by atoms with Gasteiger partial charge in [-0.15, -0.1) is 0 Å². The summed E-state index contributed by atoms with van der Waals surface area (Å²) >= 11 is 0. The predicted octanol–water partition coefficient (Wildman–Crippen LogP) is 0.851. The van der Waals surface area contributed by atoms with Gasteiger partial charge in [0.05, 0.1) is 19.0 Å². The minimum Gasteiger partial charge on any atom is -0.379 e. The summed E-state index contributed by atoms with van der Waals surface area (Å²) in [5, 5.41) is 0. The Morgan fingerprint density at radius 3 is 2.72 bits per heavy atom. The van der Waals surface area contributed by atoms with E-state index in [9.17, 15) is 12.8 Å². The molecule has 3 N–H and O–H groups in total. The fourth-order valence-electron chi connectivity index (χ4n) is 1.29. The van der Waals surface area contributed by atoms with Crippen LogP contribution in [0.25, 0.3) is 0 Å². The lowest BCUT2D eigenvalue weighted by Crippen LogP contribution is -2.21. The van der Waals surface area contributed by atoms with Crippen molar-refractivity contribution >= 4 is 15.7 Å². The Kier molecular flexibility index (Phi) is 5.52. The molecule has 0 aliphatic heterocycles. The Balaban J connectivity index is 2.56. The summed E-state index contributed by atoms with van der Waals surface area (Å²) in [7, 11) is -3.48. The topological polar surface area (TPSA) is 81.4 Å². The summed E-state index contributed by atoms with van der Waals surface area (Å²) in [6.45, 7) is 2.32. The fourth-order valence-corrected chi connectivity index (χ4v) is 2.22. The van der Waals surface area contributed by atoms with Crippen molar-refractivity contribution in [2.45, 2.75) is 6.92 Å². The summed E-state index contributed by atoms with van der Waals surface area (Å²) in [6.07, 6.45) is 0. The van der Waals surface area contributed by atoms with Crippen LogP contribution in [0.15, 0.2) is 18.2 Å². The van der Waals surface area contributed by atoms with E-state index < -0.39 is 10.0 Å². The van der Waals surface area contributed by atoms with Crippen molar-refractivity contribution < 1.29 is 17.5 Å². The van der Waals surface area contributed by atoms with E-state index in [1.165, 1.54) is 18.2 Å². The number of sulfonamides is 1. The maximum absolute atomic E-state index is 13.0. The smallest absolute Gasteiger partial charge is 0.234 e. The second-order valence-corrected chi connectivity index (χ2v) is 5.63. The zero-order chi connectivity index (χ0) is 13.6. The van der Waals surface area contributed by atoms with E-state index in [-0.39, 0.29) is 18.2 Å². The molecule has 0 aliphatic rings. The first kappa shape index (κ1) is 14.9. The molecule has 0 bridgehead atoms. The summed E-state index contributed by atoms with van der Waals surface area (Å²) in [6, 6.07) is 4.03. The fraction of sp³-hybridized carbons (Fsp3) is 0.455. The van der Waals surface area contributed by atoms with E-state index in [4.69, 9.17) is 10.5 Å². The highest BCUT2D eigenvalue weighted by atomic mass is 32.2. The zero-order valence-electron chi connectivity index (χ0n) is 10.1. The molecule has 0 unspecified atom stereocenters. The van der Waals surface area contributed by atoms with Crippen LogP contribution in [0.5, 0.6) is 0 Å². The largest absolute Gasteiger partial charge is 0.379 e. The van der Waals surface area contributed by atoms with Crippen molar-refractivity contribution in [3.05, 3.63) is 29.6 Å². The molecule has 1 rings (SSSR count). The number of aryl methyl sites for hydroxylation is 1. The van der Waals surface area contributed by atoms with Crippen LogP contribution in [0, 0.1) is 12.7 Å². The molecule has 0 heterocycles. The Morgan fingerprint density at radius 2 is 2.11 bits per heavy atom. The molecule has 0 radical (unpaired) electrons. The molecule has 0 aromatic heterocycles. The van der Waals surface area contributed by atoms with E-state index in [1.807, 2.05) is 0 Å². The first-order chi connectivity index (χ1) is 8.44. The standard InChI is InChI=1S/C11H17FN2O3S/c1-9-8-10(2-3-11(9)12)14-18(15,16)7-6-17-5-4-13/h2-3,8,14H,4-7,13H2,1H3. The molecule has 18 heavy (non-hydrogen) atoms. The second-order valence-electron chi connectivity index (χ2n) is 3.79. The molecule has 0 saturated carbocycles. The van der Waals surface area contributed by atoms with Crippen molar-refractivity contribution in [2.24, 2.45) is 5.73 Å². The van der Waals surface area contributed by atoms with E-state index in [2.05, 4.69) is 4.72 Å². The number of nitrogens with two attached hydrogens (primary N) is 1. The van der Waals surface area contributed by atoms with E-state index >= 15 is 0 Å². The first-order valence-electron chi connectivity index (χ1n) is 5.49. The Bertz CT molecular complexity index is 491. The molecule has 0 atom stereocenters. The van der Waals surface area contributed by atoms with Crippen LogP contribution in [-0.2, 0) is 14.8 Å². The van der Waals surface area contributed by atoms with E-state index in [0.717, 1.165) is 0 Å². The number of anilines is 1. The van der Waals surface area contributed by atoms with Gasteiger partial charge < -0.3 is 10.5 Å². The molecule has 0 aliphatic carbocycles. The predicted molar refractivity (Wildman–Crippen MR) is 68.4 cm³/mol. The average Bonchev–Trinajstić information content (AvgIpc) is 2.29. The van der Waals surface area contributed by atoms with Crippen LogP contribution < -0.4 is 10.5 Å². The Morgan fingerprint density at radius 1 is 1.39 bits per heavy atom. The van der Waals surface area contributed by atoms with Crippen LogP contribution in [0.1, 0.15) is 5.56 Å². The van der Waals surface area contributed by atoms with Gasteiger partial charge in [0.1, 0.15) is 5.82 Å². The third kappa shape index (κ3) is 4.99. The molecular weight excluding hydrogens is 259 g/mol. The Hall–Kier alpha value is -1.18. The summed E-state index contributed by atoms with van der Waals surface area (Å²) in [5.74, 6) is -0.534. The molecule has 0 saturated heterocycles. The molecule has 1 aromatic rings. The molecule has 1 aromatic carbocycles. The van der Waals surface area contributed by atoms with Crippen molar-refractivity contribution in [1.29, 1.82) is 0 Å². The molecule has 5 nitrogen and oxygen atoms in total. The lowest BCUT2D eigenvalue weighted by Gasteiger charge is -2.09. The van der Waals surface area contributed by atoms with Crippen LogP contribution in [0.4, 0.5) is 10.1 Å². The highest BCUT2D eigenvalue weighted by Gasteiger charge is 2.11. The van der Waals surface area contributed by atoms with Gasteiger partial charge in [-0.3, -0.25) is 4.72 Å². The minimum absolute atomic E-state index is 0.0761. The number of rotatable bonds is 7. The quantitative estimate of drug-likeness (QED) is 0.723. The molecule has 7 heteroatoms. The van der Waals surface area contributed by atoms with Gasteiger partial charge in [0, 0.05) is 12.2 Å². The monoisotopic (exact) mass is 276 g/mol. The van der Waals surface area contributed by atoms with E-state index in [0.29, 0.717) is 24.4 Å². The van der Waals surface area contributed by atoms with Crippen LogP contribution in [0.2, 0.25) is 0 Å². The van der Waals surface area contributed by atoms with Gasteiger partial charge in [-0.05, 0) is 30.7 Å². The van der Waals surface area contributed by atoms with Crippen molar-refractivity contribution in [2.75, 3.05) is 30.2 Å². The number of nitrogens with one attached hydrogen (secondary N) is 1. The van der Waals surface area contributed by atoms with Gasteiger partial charge in [-0.25, -0.2) is 12.8 Å². The Labute approximate surface area is 106 Å². The van der Waals surface area contributed by atoms with Crippen LogP contribution in [-0.4, -0.2) is 33.9 Å². The number of halogens is 1. The number of hydrogen-bond acceptors (Lipinski definition) is 4. The first-order valence-corrected chi connectivity index (χ1v) is 7.14. The second kappa shape index (κ2) is 6.67. The highest BCUT2D eigenvalue weighted by molar-refractivity contribution is 7.92.